The van der Waals surface area contributed by atoms with Crippen LogP contribution in [0.2, 0.25) is 5.02 Å². The smallest absolute Gasteiger partial charge is 0.150 e. The molecule has 1 fully saturated rings. The zero-order valence-electron chi connectivity index (χ0n) is 9.95. The molecule has 0 amide bonds. The van der Waals surface area contributed by atoms with Crippen LogP contribution in [-0.2, 0) is 0 Å². The third-order valence-electron chi connectivity index (χ3n) is 3.37. The minimum atomic E-state index is 0.333. The molecule has 0 atom stereocenters. The molecule has 1 aliphatic rings. The van der Waals surface area contributed by atoms with Crippen molar-refractivity contribution in [2.24, 2.45) is 5.92 Å². The van der Waals surface area contributed by atoms with Gasteiger partial charge >= 0.3 is 0 Å². The molecule has 1 aromatic rings. The lowest BCUT2D eigenvalue weighted by Gasteiger charge is -2.10. The second-order valence-corrected chi connectivity index (χ2v) is 5.02. The minimum Gasteiger partial charge on any atom is -0.382 e. The van der Waals surface area contributed by atoms with E-state index < -0.39 is 0 Å². The van der Waals surface area contributed by atoms with Crippen LogP contribution in [0.25, 0.3) is 0 Å². The van der Waals surface area contributed by atoms with E-state index in [2.05, 4.69) is 15.3 Å². The molecule has 5 heteroatoms. The predicted octanol–water partition coefficient (Wildman–Crippen LogP) is 3.09. The van der Waals surface area contributed by atoms with Crippen molar-refractivity contribution in [3.63, 3.8) is 0 Å². The van der Waals surface area contributed by atoms with Crippen molar-refractivity contribution in [2.75, 3.05) is 17.6 Å². The number of nitrogens with one attached hydrogen (secondary N) is 1. The Bertz CT molecular complexity index is 364. The average molecular weight is 255 g/mol. The Kier molecular flexibility index (Phi) is 4.42. The highest BCUT2D eigenvalue weighted by molar-refractivity contribution is 6.35. The van der Waals surface area contributed by atoms with Crippen LogP contribution in [0.4, 0.5) is 11.6 Å². The van der Waals surface area contributed by atoms with Crippen LogP contribution in [0, 0.1) is 5.92 Å². The summed E-state index contributed by atoms with van der Waals surface area (Å²) in [5, 5.41) is 3.64. The fourth-order valence-corrected chi connectivity index (χ4v) is 2.57. The summed E-state index contributed by atoms with van der Waals surface area (Å²) in [4.78, 5) is 7.90. The number of hydrogen-bond acceptors (Lipinski definition) is 4. The lowest BCUT2D eigenvalue weighted by Crippen LogP contribution is -2.07. The first-order chi connectivity index (χ1) is 8.27. The molecule has 0 saturated heterocycles. The monoisotopic (exact) mass is 254 g/mol. The Labute approximate surface area is 107 Å². The number of rotatable bonds is 5. The molecule has 17 heavy (non-hydrogen) atoms. The molecule has 0 aliphatic heterocycles. The van der Waals surface area contributed by atoms with Gasteiger partial charge in [0, 0.05) is 6.54 Å². The molecule has 94 valence electrons. The zero-order valence-corrected chi connectivity index (χ0v) is 10.7. The fraction of sp³-hybridized carbons (Fsp3) is 0.667. The van der Waals surface area contributed by atoms with E-state index >= 15 is 0 Å². The normalized spacial score (nSPS) is 16.3. The van der Waals surface area contributed by atoms with Gasteiger partial charge in [0.1, 0.15) is 23.0 Å². The average Bonchev–Trinajstić information content (AvgIpc) is 2.83. The summed E-state index contributed by atoms with van der Waals surface area (Å²) in [5.74, 6) is 1.91. The van der Waals surface area contributed by atoms with E-state index in [9.17, 15) is 0 Å². The van der Waals surface area contributed by atoms with Crippen LogP contribution in [0.3, 0.4) is 0 Å². The predicted molar refractivity (Wildman–Crippen MR) is 71.1 cm³/mol. The van der Waals surface area contributed by atoms with Gasteiger partial charge in [0.05, 0.1) is 0 Å². The summed E-state index contributed by atoms with van der Waals surface area (Å²) < 4.78 is 0. The van der Waals surface area contributed by atoms with E-state index in [4.69, 9.17) is 17.3 Å². The number of hydrogen-bond donors (Lipinski definition) is 2. The topological polar surface area (TPSA) is 63.8 Å². The van der Waals surface area contributed by atoms with E-state index in [0.717, 1.165) is 18.9 Å². The van der Waals surface area contributed by atoms with Crippen LogP contribution in [0.1, 0.15) is 38.5 Å². The van der Waals surface area contributed by atoms with E-state index in [1.54, 1.807) is 0 Å². The van der Waals surface area contributed by atoms with Gasteiger partial charge in [-0.25, -0.2) is 9.97 Å². The van der Waals surface area contributed by atoms with Crippen molar-refractivity contribution >= 4 is 23.2 Å². The first kappa shape index (κ1) is 12.4. The second-order valence-electron chi connectivity index (χ2n) is 4.64. The van der Waals surface area contributed by atoms with Crippen LogP contribution < -0.4 is 11.1 Å². The summed E-state index contributed by atoms with van der Waals surface area (Å²) in [7, 11) is 0. The number of nitrogen functional groups attached to an aromatic ring is 1. The molecule has 0 bridgehead atoms. The van der Waals surface area contributed by atoms with Crippen LogP contribution in [0.15, 0.2) is 6.33 Å². The molecule has 1 aliphatic carbocycles. The standard InChI is InChI=1S/C12H19ClN4/c13-10-11(14)16-8-17-12(10)15-7-3-6-9-4-1-2-5-9/h8-9H,1-7H2,(H3,14,15,16,17). The SMILES string of the molecule is Nc1ncnc(NCCCC2CCCC2)c1Cl. The third-order valence-corrected chi connectivity index (χ3v) is 3.75. The van der Waals surface area contributed by atoms with Gasteiger partial charge in [-0.2, -0.15) is 0 Å². The van der Waals surface area contributed by atoms with E-state index in [0.29, 0.717) is 16.7 Å². The van der Waals surface area contributed by atoms with Crippen LogP contribution in [-0.4, -0.2) is 16.5 Å². The summed E-state index contributed by atoms with van der Waals surface area (Å²) in [6.07, 6.45) is 9.51. The minimum absolute atomic E-state index is 0.333. The number of nitrogens with two attached hydrogens (primary N) is 1. The summed E-state index contributed by atoms with van der Waals surface area (Å²) >= 11 is 5.99. The largest absolute Gasteiger partial charge is 0.382 e. The van der Waals surface area contributed by atoms with Gasteiger partial charge in [0.25, 0.3) is 0 Å². The number of aromatic nitrogens is 2. The Morgan fingerprint density at radius 1 is 1.35 bits per heavy atom. The second kappa shape index (κ2) is 6.05. The maximum Gasteiger partial charge on any atom is 0.150 e. The van der Waals surface area contributed by atoms with Crippen molar-refractivity contribution in [3.05, 3.63) is 11.3 Å². The zero-order chi connectivity index (χ0) is 12.1. The molecule has 0 unspecified atom stereocenters. The molecular weight excluding hydrogens is 236 g/mol. The molecule has 0 radical (unpaired) electrons. The molecule has 0 spiro atoms. The molecule has 1 heterocycles. The molecule has 1 saturated carbocycles. The highest BCUT2D eigenvalue weighted by atomic mass is 35.5. The van der Waals surface area contributed by atoms with Crippen LogP contribution >= 0.6 is 11.6 Å². The number of nitrogens with zero attached hydrogens (tertiary/aromatic N) is 2. The van der Waals surface area contributed by atoms with Gasteiger partial charge in [0.15, 0.2) is 0 Å². The molecule has 2 rings (SSSR count). The Balaban J connectivity index is 1.72. The van der Waals surface area contributed by atoms with Gasteiger partial charge in [0.2, 0.25) is 0 Å². The summed E-state index contributed by atoms with van der Waals surface area (Å²) in [6.45, 7) is 0.896. The van der Waals surface area contributed by atoms with E-state index in [1.807, 2.05) is 0 Å². The van der Waals surface area contributed by atoms with Gasteiger partial charge in [-0.05, 0) is 18.8 Å². The first-order valence-corrected chi connectivity index (χ1v) is 6.65. The Morgan fingerprint density at radius 3 is 2.88 bits per heavy atom. The first-order valence-electron chi connectivity index (χ1n) is 6.27. The number of halogens is 1. The van der Waals surface area contributed by atoms with Crippen molar-refractivity contribution in [3.8, 4) is 0 Å². The summed E-state index contributed by atoms with van der Waals surface area (Å²) in [6, 6.07) is 0. The Hall–Kier alpha value is -1.03. The van der Waals surface area contributed by atoms with E-state index in [1.165, 1.54) is 38.4 Å². The lowest BCUT2D eigenvalue weighted by molar-refractivity contribution is 0.491. The third kappa shape index (κ3) is 3.46. The van der Waals surface area contributed by atoms with Gasteiger partial charge in [-0.1, -0.05) is 37.3 Å². The van der Waals surface area contributed by atoms with Gasteiger partial charge in [-0.3, -0.25) is 0 Å². The highest BCUT2D eigenvalue weighted by Gasteiger charge is 2.14. The van der Waals surface area contributed by atoms with Crippen molar-refractivity contribution in [1.29, 1.82) is 0 Å². The quantitative estimate of drug-likeness (QED) is 0.793. The molecule has 0 aromatic carbocycles. The van der Waals surface area contributed by atoms with Crippen molar-refractivity contribution < 1.29 is 0 Å². The van der Waals surface area contributed by atoms with E-state index in [-0.39, 0.29) is 0 Å². The molecule has 4 nitrogen and oxygen atoms in total. The van der Waals surface area contributed by atoms with Crippen molar-refractivity contribution in [1.82, 2.24) is 9.97 Å². The Morgan fingerprint density at radius 2 is 2.12 bits per heavy atom. The van der Waals surface area contributed by atoms with Gasteiger partial charge in [-0.15, -0.1) is 0 Å². The van der Waals surface area contributed by atoms with Crippen molar-refractivity contribution in [2.45, 2.75) is 38.5 Å². The fourth-order valence-electron chi connectivity index (χ4n) is 2.40. The maximum absolute atomic E-state index is 5.99. The molecular formula is C12H19ClN4. The van der Waals surface area contributed by atoms with Crippen LogP contribution in [0.5, 0.6) is 0 Å². The lowest BCUT2D eigenvalue weighted by atomic mass is 10.0. The summed E-state index contributed by atoms with van der Waals surface area (Å²) in [5.41, 5.74) is 5.60. The molecule has 1 aromatic heterocycles. The van der Waals surface area contributed by atoms with Gasteiger partial charge < -0.3 is 11.1 Å². The number of anilines is 2. The highest BCUT2D eigenvalue weighted by Crippen LogP contribution is 2.28. The molecule has 3 N–H and O–H groups in total. The maximum atomic E-state index is 5.99.